The Bertz CT molecular complexity index is 1480. The van der Waals surface area contributed by atoms with Gasteiger partial charge < -0.3 is 19.5 Å². The Hall–Kier alpha value is -3.97. The van der Waals surface area contributed by atoms with Crippen molar-refractivity contribution in [3.8, 4) is 28.5 Å². The van der Waals surface area contributed by atoms with Crippen molar-refractivity contribution in [1.82, 2.24) is 15.1 Å². The number of phenols is 1. The largest absolute Gasteiger partial charge is 0.507 e. The first-order chi connectivity index (χ1) is 18.3. The first-order valence-corrected chi connectivity index (χ1v) is 12.9. The summed E-state index contributed by atoms with van der Waals surface area (Å²) in [5.41, 5.74) is 4.98. The van der Waals surface area contributed by atoms with Gasteiger partial charge in [-0.3, -0.25) is 9.89 Å². The zero-order valence-corrected chi connectivity index (χ0v) is 22.5. The first-order valence-electron chi connectivity index (χ1n) is 12.5. The number of ether oxygens (including phenoxy) is 2. The molecule has 2 heterocycles. The lowest BCUT2D eigenvalue weighted by molar-refractivity contribution is 0.0730. The summed E-state index contributed by atoms with van der Waals surface area (Å²) in [5, 5.41) is 18.5. The Balaban J connectivity index is 1.64. The number of fused-ring (bicyclic) bond motifs is 1. The van der Waals surface area contributed by atoms with Crippen molar-refractivity contribution in [2.75, 3.05) is 13.7 Å². The van der Waals surface area contributed by atoms with Crippen LogP contribution in [0.2, 0.25) is 5.02 Å². The fourth-order valence-electron chi connectivity index (χ4n) is 4.73. The molecule has 7 nitrogen and oxygen atoms in total. The molecule has 1 aliphatic heterocycles. The third-order valence-electron chi connectivity index (χ3n) is 6.63. The molecule has 0 radical (unpaired) electrons. The van der Waals surface area contributed by atoms with Crippen molar-refractivity contribution in [3.05, 3.63) is 93.6 Å². The maximum Gasteiger partial charge on any atom is 0.273 e. The van der Waals surface area contributed by atoms with Crippen LogP contribution in [0.1, 0.15) is 52.6 Å². The molecule has 1 aromatic heterocycles. The molecule has 1 amide bonds. The molecule has 1 aliphatic rings. The number of rotatable bonds is 8. The molecule has 8 heteroatoms. The molecule has 0 saturated heterocycles. The van der Waals surface area contributed by atoms with Crippen molar-refractivity contribution in [1.29, 1.82) is 0 Å². The molecule has 1 atom stereocenters. The van der Waals surface area contributed by atoms with Gasteiger partial charge >= 0.3 is 0 Å². The number of aryl methyl sites for hydroxylation is 1. The molecule has 38 heavy (non-hydrogen) atoms. The van der Waals surface area contributed by atoms with Gasteiger partial charge in [-0.05, 0) is 54.3 Å². The molecule has 0 saturated carbocycles. The van der Waals surface area contributed by atoms with Crippen LogP contribution in [0.4, 0.5) is 0 Å². The topological polar surface area (TPSA) is 87.7 Å². The number of methoxy groups -OCH3 is 1. The number of amides is 1. The first kappa shape index (κ1) is 25.7. The van der Waals surface area contributed by atoms with Crippen LogP contribution in [0.25, 0.3) is 11.3 Å². The van der Waals surface area contributed by atoms with Gasteiger partial charge in [0.25, 0.3) is 5.91 Å². The molecule has 4 aromatic rings. The maximum atomic E-state index is 13.8. The number of halogens is 1. The van der Waals surface area contributed by atoms with E-state index in [0.29, 0.717) is 58.1 Å². The second kappa shape index (κ2) is 10.4. The number of aromatic nitrogens is 2. The van der Waals surface area contributed by atoms with Gasteiger partial charge in [-0.2, -0.15) is 5.10 Å². The molecule has 2 N–H and O–H groups in total. The quantitative estimate of drug-likeness (QED) is 0.270. The van der Waals surface area contributed by atoms with Crippen molar-refractivity contribution < 1.29 is 19.4 Å². The summed E-state index contributed by atoms with van der Waals surface area (Å²) in [7, 11) is 1.60. The Morgan fingerprint density at radius 2 is 1.84 bits per heavy atom. The van der Waals surface area contributed by atoms with Crippen LogP contribution in [0.5, 0.6) is 17.2 Å². The number of aromatic hydroxyl groups is 1. The molecular formula is C30H30ClN3O4. The minimum Gasteiger partial charge on any atom is -0.507 e. The van der Waals surface area contributed by atoms with Gasteiger partial charge in [0.15, 0.2) is 11.5 Å². The lowest BCUT2D eigenvalue weighted by Crippen LogP contribution is -2.29. The smallest absolute Gasteiger partial charge is 0.273 e. The number of H-pyrrole nitrogens is 1. The van der Waals surface area contributed by atoms with Gasteiger partial charge in [0.1, 0.15) is 17.1 Å². The van der Waals surface area contributed by atoms with E-state index < -0.39 is 6.04 Å². The van der Waals surface area contributed by atoms with Crippen LogP contribution in [0.15, 0.2) is 60.7 Å². The number of nitrogens with one attached hydrogen (secondary N) is 1. The summed E-state index contributed by atoms with van der Waals surface area (Å²) in [6.45, 7) is 7.15. The zero-order chi connectivity index (χ0) is 27.0. The number of carbonyl (C=O) groups is 1. The minimum absolute atomic E-state index is 0.0295. The predicted octanol–water partition coefficient (Wildman–Crippen LogP) is 6.53. The van der Waals surface area contributed by atoms with E-state index in [2.05, 4.69) is 24.0 Å². The summed E-state index contributed by atoms with van der Waals surface area (Å²) in [4.78, 5) is 15.6. The van der Waals surface area contributed by atoms with E-state index in [4.69, 9.17) is 21.1 Å². The van der Waals surface area contributed by atoms with E-state index in [1.54, 1.807) is 19.2 Å². The van der Waals surface area contributed by atoms with E-state index in [1.807, 2.05) is 54.3 Å². The van der Waals surface area contributed by atoms with Crippen molar-refractivity contribution in [3.63, 3.8) is 0 Å². The summed E-state index contributed by atoms with van der Waals surface area (Å²) in [6.07, 6.45) is 0. The third kappa shape index (κ3) is 4.82. The maximum absolute atomic E-state index is 13.8. The van der Waals surface area contributed by atoms with Crippen LogP contribution in [-0.4, -0.2) is 39.8 Å². The lowest BCUT2D eigenvalue weighted by atomic mass is 9.95. The van der Waals surface area contributed by atoms with Gasteiger partial charge in [0, 0.05) is 22.7 Å². The van der Waals surface area contributed by atoms with Crippen molar-refractivity contribution in [2.45, 2.75) is 33.4 Å². The number of hydrogen-bond donors (Lipinski definition) is 2. The highest BCUT2D eigenvalue weighted by Gasteiger charge is 2.42. The van der Waals surface area contributed by atoms with Gasteiger partial charge in [-0.25, -0.2) is 0 Å². The molecule has 0 spiro atoms. The minimum atomic E-state index is -0.487. The average Bonchev–Trinajstić information content (AvgIpc) is 3.44. The molecule has 3 aromatic carbocycles. The van der Waals surface area contributed by atoms with E-state index in [-0.39, 0.29) is 11.7 Å². The van der Waals surface area contributed by atoms with Crippen molar-refractivity contribution in [2.24, 2.45) is 5.92 Å². The summed E-state index contributed by atoms with van der Waals surface area (Å²) in [5.74, 6) is 1.43. The predicted molar refractivity (Wildman–Crippen MR) is 147 cm³/mol. The molecule has 0 fully saturated rings. The number of carbonyl (C=O) groups excluding carboxylic acids is 1. The molecule has 196 valence electrons. The number of phenolic OH excluding ortho intramolecular Hbond substituents is 1. The monoisotopic (exact) mass is 531 g/mol. The Morgan fingerprint density at radius 3 is 2.55 bits per heavy atom. The van der Waals surface area contributed by atoms with Crippen LogP contribution in [0, 0.1) is 12.8 Å². The van der Waals surface area contributed by atoms with Crippen LogP contribution >= 0.6 is 11.6 Å². The van der Waals surface area contributed by atoms with E-state index in [0.717, 1.165) is 16.7 Å². The number of benzene rings is 3. The van der Waals surface area contributed by atoms with Gasteiger partial charge in [0.2, 0.25) is 0 Å². The normalized spacial score (nSPS) is 14.7. The average molecular weight is 532 g/mol. The van der Waals surface area contributed by atoms with Crippen LogP contribution in [0.3, 0.4) is 0 Å². The van der Waals surface area contributed by atoms with E-state index in [1.165, 1.54) is 6.07 Å². The third-order valence-corrected chi connectivity index (χ3v) is 6.86. The molecule has 0 bridgehead atoms. The summed E-state index contributed by atoms with van der Waals surface area (Å²) >= 11 is 6.27. The number of hydrogen-bond acceptors (Lipinski definition) is 5. The highest BCUT2D eigenvalue weighted by molar-refractivity contribution is 6.31. The standard InChI is InChI=1S/C30H30ClN3O4/c1-17(2)16-38-24-12-9-20(13-25(24)37-4)29-26-27(22-14-21(31)10-11-23(22)35)32-33-28(26)30(36)34(29)15-19-7-5-18(3)6-8-19/h5-14,17,29,35H,15-16H2,1-4H3,(H,32,33). The van der Waals surface area contributed by atoms with Gasteiger partial charge in [0.05, 0.1) is 19.8 Å². The van der Waals surface area contributed by atoms with Gasteiger partial charge in [-0.1, -0.05) is 61.3 Å². The molecule has 5 rings (SSSR count). The zero-order valence-electron chi connectivity index (χ0n) is 21.8. The Morgan fingerprint density at radius 1 is 1.08 bits per heavy atom. The number of aromatic amines is 1. The molecular weight excluding hydrogens is 502 g/mol. The fraction of sp³-hybridized carbons (Fsp3) is 0.267. The summed E-state index contributed by atoms with van der Waals surface area (Å²) in [6, 6.07) is 18.1. The van der Waals surface area contributed by atoms with E-state index >= 15 is 0 Å². The fourth-order valence-corrected chi connectivity index (χ4v) is 4.90. The second-order valence-electron chi connectivity index (χ2n) is 9.96. The summed E-state index contributed by atoms with van der Waals surface area (Å²) < 4.78 is 11.6. The van der Waals surface area contributed by atoms with Crippen LogP contribution < -0.4 is 9.47 Å². The Kier molecular flexibility index (Phi) is 7.04. The number of nitrogens with zero attached hydrogens (tertiary/aromatic N) is 2. The van der Waals surface area contributed by atoms with E-state index in [9.17, 15) is 9.90 Å². The molecule has 0 aliphatic carbocycles. The highest BCUT2D eigenvalue weighted by atomic mass is 35.5. The van der Waals surface area contributed by atoms with Crippen molar-refractivity contribution >= 4 is 17.5 Å². The lowest BCUT2D eigenvalue weighted by Gasteiger charge is -2.27. The van der Waals surface area contributed by atoms with Crippen LogP contribution in [-0.2, 0) is 6.54 Å². The molecule has 1 unspecified atom stereocenters. The highest BCUT2D eigenvalue weighted by Crippen LogP contribution is 2.46. The Labute approximate surface area is 227 Å². The SMILES string of the molecule is COc1cc(C2c3c(-c4cc(Cl)ccc4O)n[nH]c3C(=O)N2Cc2ccc(C)cc2)ccc1OCC(C)C. The second-order valence-corrected chi connectivity index (χ2v) is 10.4. The van der Waals surface area contributed by atoms with Gasteiger partial charge in [-0.15, -0.1) is 0 Å².